The van der Waals surface area contributed by atoms with Gasteiger partial charge in [-0.25, -0.2) is 4.68 Å². The molecule has 0 radical (unpaired) electrons. The second-order valence-electron chi connectivity index (χ2n) is 8.90. The lowest BCUT2D eigenvalue weighted by molar-refractivity contribution is 0.524. The van der Waals surface area contributed by atoms with Gasteiger partial charge in [0.2, 0.25) is 0 Å². The van der Waals surface area contributed by atoms with Crippen LogP contribution < -0.4 is 0 Å². The Labute approximate surface area is 188 Å². The van der Waals surface area contributed by atoms with Gasteiger partial charge in [0, 0.05) is 11.9 Å². The maximum absolute atomic E-state index is 4.41. The monoisotopic (exact) mass is 419 g/mol. The molecule has 0 aliphatic rings. The molecular weight excluding hydrogens is 378 g/mol. The average Bonchev–Trinajstić information content (AvgIpc) is 3.22. The molecule has 168 valence electrons. The van der Waals surface area contributed by atoms with Crippen molar-refractivity contribution in [1.82, 2.24) is 15.0 Å². The zero-order valence-corrected chi connectivity index (χ0v) is 19.6. The van der Waals surface area contributed by atoms with E-state index in [9.17, 15) is 0 Å². The molecule has 0 N–H and O–H groups in total. The molecule has 3 rings (SSSR count). The van der Waals surface area contributed by atoms with Crippen molar-refractivity contribution in [2.45, 2.75) is 103 Å². The Balaban J connectivity index is 1.23. The van der Waals surface area contributed by atoms with Crippen LogP contribution >= 0.6 is 0 Å². The Morgan fingerprint density at radius 3 is 2.10 bits per heavy atom. The molecule has 3 nitrogen and oxygen atoms in total. The van der Waals surface area contributed by atoms with Crippen LogP contribution in [0.4, 0.5) is 0 Å². The van der Waals surface area contributed by atoms with Gasteiger partial charge in [-0.1, -0.05) is 112 Å². The van der Waals surface area contributed by atoms with Crippen LogP contribution in [0.1, 0.15) is 96.8 Å². The largest absolute Gasteiger partial charge is 0.244 e. The first-order chi connectivity index (χ1) is 15.4. The first kappa shape index (κ1) is 23.5. The number of rotatable bonds is 16. The van der Waals surface area contributed by atoms with E-state index in [0.29, 0.717) is 0 Å². The number of nitrogens with zero attached hydrogens (tertiary/aromatic N) is 3. The fourth-order valence-electron chi connectivity index (χ4n) is 4.41. The summed E-state index contributed by atoms with van der Waals surface area (Å²) in [5.41, 5.74) is 2.19. The van der Waals surface area contributed by atoms with E-state index in [2.05, 4.69) is 70.5 Å². The van der Waals surface area contributed by atoms with Gasteiger partial charge in [-0.3, -0.25) is 0 Å². The van der Waals surface area contributed by atoms with Crippen LogP contribution in [0.15, 0.2) is 48.6 Å². The molecule has 3 aromatic rings. The van der Waals surface area contributed by atoms with Crippen LogP contribution in [0.5, 0.6) is 0 Å². The predicted molar refractivity (Wildman–Crippen MR) is 134 cm³/mol. The van der Waals surface area contributed by atoms with Crippen molar-refractivity contribution in [3.05, 3.63) is 48.6 Å². The van der Waals surface area contributed by atoms with Crippen LogP contribution in [0.25, 0.3) is 21.8 Å². The van der Waals surface area contributed by atoms with Crippen LogP contribution in [-0.2, 0) is 6.54 Å². The number of allylic oxidation sites excluding steroid dienone is 2. The van der Waals surface area contributed by atoms with Crippen LogP contribution in [0.2, 0.25) is 0 Å². The second kappa shape index (κ2) is 14.0. The van der Waals surface area contributed by atoms with E-state index in [1.165, 1.54) is 106 Å². The van der Waals surface area contributed by atoms with E-state index in [0.717, 1.165) is 12.1 Å². The molecule has 0 bridgehead atoms. The van der Waals surface area contributed by atoms with Gasteiger partial charge in [-0.05, 0) is 43.6 Å². The molecule has 0 spiro atoms. The van der Waals surface area contributed by atoms with Crippen molar-refractivity contribution in [1.29, 1.82) is 0 Å². The van der Waals surface area contributed by atoms with Crippen molar-refractivity contribution in [2.24, 2.45) is 0 Å². The van der Waals surface area contributed by atoms with Gasteiger partial charge in [0.1, 0.15) is 5.52 Å². The molecule has 3 heteroatoms. The highest BCUT2D eigenvalue weighted by Crippen LogP contribution is 2.24. The van der Waals surface area contributed by atoms with E-state index >= 15 is 0 Å². The van der Waals surface area contributed by atoms with Gasteiger partial charge in [0.05, 0.1) is 5.52 Å². The van der Waals surface area contributed by atoms with Crippen LogP contribution in [0.3, 0.4) is 0 Å². The van der Waals surface area contributed by atoms with Gasteiger partial charge < -0.3 is 0 Å². The minimum atomic E-state index is 0.964. The van der Waals surface area contributed by atoms with E-state index in [4.69, 9.17) is 0 Å². The minimum absolute atomic E-state index is 0.964. The highest BCUT2D eigenvalue weighted by Gasteiger charge is 2.08. The highest BCUT2D eigenvalue weighted by atomic mass is 15.4. The second-order valence-corrected chi connectivity index (χ2v) is 8.90. The molecule has 0 saturated heterocycles. The number of fused-ring (bicyclic) bond motifs is 3. The third kappa shape index (κ3) is 7.79. The Morgan fingerprint density at radius 1 is 0.710 bits per heavy atom. The summed E-state index contributed by atoms with van der Waals surface area (Å²) in [6.45, 7) is 3.25. The zero-order valence-electron chi connectivity index (χ0n) is 19.6. The van der Waals surface area contributed by atoms with E-state index < -0.39 is 0 Å². The average molecular weight is 420 g/mol. The fourth-order valence-corrected chi connectivity index (χ4v) is 4.41. The highest BCUT2D eigenvalue weighted by molar-refractivity contribution is 6.03. The fraction of sp³-hybridized carbons (Fsp3) is 0.571. The maximum Gasteiger partial charge on any atom is 0.113 e. The van der Waals surface area contributed by atoms with Gasteiger partial charge >= 0.3 is 0 Å². The molecule has 2 aromatic carbocycles. The summed E-state index contributed by atoms with van der Waals surface area (Å²) >= 11 is 0. The van der Waals surface area contributed by atoms with Crippen LogP contribution in [-0.4, -0.2) is 15.0 Å². The molecule has 0 aliphatic carbocycles. The SMILES string of the molecule is CCCCCCCC/C=C\CCCCCCCCn1nnc2ccc3ccccc3c21. The molecule has 0 amide bonds. The third-order valence-electron chi connectivity index (χ3n) is 6.28. The Bertz CT molecular complexity index is 909. The van der Waals surface area contributed by atoms with Gasteiger partial charge in [-0.2, -0.15) is 0 Å². The number of aryl methyl sites for hydroxylation is 1. The summed E-state index contributed by atoms with van der Waals surface area (Å²) in [5, 5.41) is 11.3. The van der Waals surface area contributed by atoms with E-state index in [1.54, 1.807) is 0 Å². The lowest BCUT2D eigenvalue weighted by atomic mass is 10.1. The van der Waals surface area contributed by atoms with Crippen molar-refractivity contribution < 1.29 is 0 Å². The predicted octanol–water partition coefficient (Wildman–Crippen LogP) is 8.62. The van der Waals surface area contributed by atoms with Gasteiger partial charge in [0.25, 0.3) is 0 Å². The molecule has 1 aromatic heterocycles. The van der Waals surface area contributed by atoms with Crippen molar-refractivity contribution >= 4 is 21.8 Å². The number of hydrogen-bond donors (Lipinski definition) is 0. The first-order valence-electron chi connectivity index (χ1n) is 12.8. The van der Waals surface area contributed by atoms with Crippen LogP contribution in [0, 0.1) is 0 Å². The molecule has 0 saturated carbocycles. The Morgan fingerprint density at radius 2 is 1.35 bits per heavy atom. The molecule has 31 heavy (non-hydrogen) atoms. The zero-order chi connectivity index (χ0) is 21.6. The Kier molecular flexibility index (Phi) is 10.6. The molecule has 0 atom stereocenters. The lowest BCUT2D eigenvalue weighted by Gasteiger charge is -2.05. The van der Waals surface area contributed by atoms with Crippen molar-refractivity contribution in [3.8, 4) is 0 Å². The molecule has 0 aliphatic heterocycles. The Hall–Kier alpha value is -2.16. The molecule has 1 heterocycles. The summed E-state index contributed by atoms with van der Waals surface area (Å²) in [6.07, 6.45) is 23.6. The summed E-state index contributed by atoms with van der Waals surface area (Å²) in [5.74, 6) is 0. The quantitative estimate of drug-likeness (QED) is 0.172. The molecular formula is C28H41N3. The number of aromatic nitrogens is 3. The summed E-state index contributed by atoms with van der Waals surface area (Å²) in [4.78, 5) is 0. The van der Waals surface area contributed by atoms with Gasteiger partial charge in [0.15, 0.2) is 0 Å². The summed E-state index contributed by atoms with van der Waals surface area (Å²) in [7, 11) is 0. The third-order valence-corrected chi connectivity index (χ3v) is 6.28. The summed E-state index contributed by atoms with van der Waals surface area (Å²) in [6, 6.07) is 12.8. The first-order valence-corrected chi connectivity index (χ1v) is 12.8. The number of unbranched alkanes of at least 4 members (excludes halogenated alkanes) is 12. The van der Waals surface area contributed by atoms with E-state index in [1.807, 2.05) is 0 Å². The standard InChI is InChI=1S/C28H41N3/c1-2-3-4-5-6-7-8-9-10-11-12-13-14-15-16-19-24-31-28-26-21-18-17-20-25(26)22-23-27(28)29-30-31/h9-10,17-18,20-23H,2-8,11-16,19,24H2,1H3/b10-9-. The van der Waals surface area contributed by atoms with E-state index in [-0.39, 0.29) is 0 Å². The van der Waals surface area contributed by atoms with Gasteiger partial charge in [-0.15, -0.1) is 5.10 Å². The maximum atomic E-state index is 4.41. The summed E-state index contributed by atoms with van der Waals surface area (Å²) < 4.78 is 2.10. The number of hydrogen-bond acceptors (Lipinski definition) is 2. The smallest absolute Gasteiger partial charge is 0.113 e. The minimum Gasteiger partial charge on any atom is -0.244 e. The van der Waals surface area contributed by atoms with Crippen molar-refractivity contribution in [3.63, 3.8) is 0 Å². The topological polar surface area (TPSA) is 30.7 Å². The normalized spacial score (nSPS) is 11.9. The molecule has 0 unspecified atom stereocenters. The number of benzene rings is 2. The lowest BCUT2D eigenvalue weighted by Crippen LogP contribution is -2.00. The molecule has 0 fully saturated rings. The van der Waals surface area contributed by atoms with Crippen molar-refractivity contribution in [2.75, 3.05) is 0 Å².